The van der Waals surface area contributed by atoms with Crippen molar-refractivity contribution in [3.8, 4) is 0 Å². The largest absolute Gasteiger partial charge is 0.398 e. The zero-order valence-corrected chi connectivity index (χ0v) is 13.8. The summed E-state index contributed by atoms with van der Waals surface area (Å²) in [4.78, 5) is 12.2. The summed E-state index contributed by atoms with van der Waals surface area (Å²) in [7, 11) is 0. The van der Waals surface area contributed by atoms with Crippen molar-refractivity contribution < 1.29 is 9.53 Å². The predicted molar refractivity (Wildman–Crippen MR) is 86.3 cm³/mol. The average molecular weight is 364 g/mol. The van der Waals surface area contributed by atoms with Gasteiger partial charge in [0.2, 0.25) is 0 Å². The number of amides is 1. The van der Waals surface area contributed by atoms with Crippen LogP contribution in [-0.2, 0) is 4.74 Å². The van der Waals surface area contributed by atoms with E-state index in [0.717, 1.165) is 30.5 Å². The van der Waals surface area contributed by atoms with Gasteiger partial charge in [-0.2, -0.15) is 0 Å². The maximum Gasteiger partial charge on any atom is 0.253 e. The molecule has 0 aliphatic carbocycles. The first-order valence-electron chi connectivity index (χ1n) is 6.51. The molecule has 0 spiro atoms. The Labute approximate surface area is 134 Å². The van der Waals surface area contributed by atoms with Crippen molar-refractivity contribution >= 4 is 39.9 Å². The Hall–Kier alpha value is -0.780. The lowest BCUT2D eigenvalue weighted by Crippen LogP contribution is -2.40. The molecule has 1 amide bonds. The van der Waals surface area contributed by atoms with Crippen LogP contribution in [0.4, 0.5) is 5.69 Å². The number of hydrogen-bond acceptors (Lipinski definition) is 3. The highest BCUT2D eigenvalue weighted by atomic mass is 79.9. The van der Waals surface area contributed by atoms with Gasteiger partial charge in [-0.25, -0.2) is 0 Å². The first-order chi connectivity index (χ1) is 9.08. The van der Waals surface area contributed by atoms with E-state index in [9.17, 15) is 4.79 Å². The number of carbonyl (C=O) groups excluding carboxylic acids is 1. The molecular formula is C14H20BrClN2O2. The van der Waals surface area contributed by atoms with E-state index in [-0.39, 0.29) is 24.4 Å². The Morgan fingerprint density at radius 3 is 2.70 bits per heavy atom. The molecule has 3 N–H and O–H groups in total. The summed E-state index contributed by atoms with van der Waals surface area (Å²) in [5.41, 5.74) is 6.89. The van der Waals surface area contributed by atoms with Crippen LogP contribution in [-0.4, -0.2) is 25.2 Å². The molecule has 1 fully saturated rings. The third-order valence-corrected chi connectivity index (χ3v) is 4.08. The Bertz CT molecular complexity index is 464. The Balaban J connectivity index is 0.00000200. The number of rotatable bonds is 3. The van der Waals surface area contributed by atoms with E-state index in [2.05, 4.69) is 21.2 Å². The second kappa shape index (κ2) is 7.86. The lowest BCUT2D eigenvalue weighted by molar-refractivity contribution is 0.0538. The first kappa shape index (κ1) is 17.3. The van der Waals surface area contributed by atoms with Gasteiger partial charge in [0.25, 0.3) is 5.91 Å². The van der Waals surface area contributed by atoms with Gasteiger partial charge >= 0.3 is 0 Å². The minimum Gasteiger partial charge on any atom is -0.398 e. The molecule has 112 valence electrons. The summed E-state index contributed by atoms with van der Waals surface area (Å²) >= 11 is 3.33. The third-order valence-electron chi connectivity index (χ3n) is 3.59. The predicted octanol–water partition coefficient (Wildman–Crippen LogP) is 3.00. The number of nitrogen functional groups attached to an aromatic ring is 1. The van der Waals surface area contributed by atoms with Crippen molar-refractivity contribution in [1.82, 2.24) is 5.32 Å². The highest BCUT2D eigenvalue weighted by molar-refractivity contribution is 9.10. The van der Waals surface area contributed by atoms with Crippen LogP contribution >= 0.6 is 28.3 Å². The zero-order valence-electron chi connectivity index (χ0n) is 11.4. The van der Waals surface area contributed by atoms with E-state index in [1.54, 1.807) is 12.1 Å². The lowest BCUT2D eigenvalue weighted by Gasteiger charge is -2.28. The van der Waals surface area contributed by atoms with Crippen molar-refractivity contribution in [1.29, 1.82) is 0 Å². The van der Waals surface area contributed by atoms with Crippen LogP contribution in [0, 0.1) is 5.92 Å². The van der Waals surface area contributed by atoms with Gasteiger partial charge in [-0.1, -0.05) is 15.9 Å². The number of nitrogens with two attached hydrogens (primary N) is 1. The monoisotopic (exact) mass is 362 g/mol. The third kappa shape index (κ3) is 4.36. The first-order valence-corrected chi connectivity index (χ1v) is 7.31. The van der Waals surface area contributed by atoms with E-state index in [1.807, 2.05) is 13.0 Å². The summed E-state index contributed by atoms with van der Waals surface area (Å²) in [6, 6.07) is 5.45. The van der Waals surface area contributed by atoms with Gasteiger partial charge in [-0.05, 0) is 43.9 Å². The topological polar surface area (TPSA) is 64.4 Å². The quantitative estimate of drug-likeness (QED) is 0.811. The fourth-order valence-electron chi connectivity index (χ4n) is 2.36. The van der Waals surface area contributed by atoms with E-state index in [4.69, 9.17) is 10.5 Å². The van der Waals surface area contributed by atoms with Crippen LogP contribution < -0.4 is 11.1 Å². The van der Waals surface area contributed by atoms with Crippen LogP contribution in [0.5, 0.6) is 0 Å². The molecule has 1 aliphatic rings. The van der Waals surface area contributed by atoms with E-state index >= 15 is 0 Å². The van der Waals surface area contributed by atoms with Crippen LogP contribution in [0.1, 0.15) is 30.1 Å². The molecule has 1 aromatic carbocycles. The van der Waals surface area contributed by atoms with Gasteiger partial charge in [0, 0.05) is 29.4 Å². The minimum atomic E-state index is -0.107. The summed E-state index contributed by atoms with van der Waals surface area (Å²) < 4.78 is 6.21. The molecule has 1 heterocycles. The highest BCUT2D eigenvalue weighted by Crippen LogP contribution is 2.21. The second-order valence-electron chi connectivity index (χ2n) is 4.94. The van der Waals surface area contributed by atoms with Gasteiger partial charge in [0.1, 0.15) is 0 Å². The molecule has 1 atom stereocenters. The summed E-state index contributed by atoms with van der Waals surface area (Å²) in [5, 5.41) is 3.04. The fraction of sp³-hybridized carbons (Fsp3) is 0.500. The average Bonchev–Trinajstić information content (AvgIpc) is 2.39. The molecule has 1 aromatic rings. The molecule has 0 radical (unpaired) electrons. The standard InChI is InChI=1S/C14H19BrN2O2.ClH/c1-9(10-4-6-19-7-5-10)17-14(18)12-3-2-11(15)8-13(12)16;/h2-3,8-10H,4-7,16H2,1H3,(H,17,18);1H. The minimum absolute atomic E-state index is 0. The van der Waals surface area contributed by atoms with Crippen LogP contribution in [0.25, 0.3) is 0 Å². The maximum atomic E-state index is 12.2. The van der Waals surface area contributed by atoms with Gasteiger partial charge in [0.15, 0.2) is 0 Å². The van der Waals surface area contributed by atoms with Crippen molar-refractivity contribution in [3.05, 3.63) is 28.2 Å². The molecule has 0 saturated carbocycles. The smallest absolute Gasteiger partial charge is 0.253 e. The molecule has 1 saturated heterocycles. The highest BCUT2D eigenvalue weighted by Gasteiger charge is 2.22. The second-order valence-corrected chi connectivity index (χ2v) is 5.86. The zero-order chi connectivity index (χ0) is 13.8. The van der Waals surface area contributed by atoms with Gasteiger partial charge < -0.3 is 15.8 Å². The van der Waals surface area contributed by atoms with Gasteiger partial charge in [-0.15, -0.1) is 12.4 Å². The lowest BCUT2D eigenvalue weighted by atomic mass is 9.92. The Morgan fingerprint density at radius 2 is 2.10 bits per heavy atom. The summed E-state index contributed by atoms with van der Waals surface area (Å²) in [5.74, 6) is 0.373. The molecule has 1 unspecified atom stereocenters. The summed E-state index contributed by atoms with van der Waals surface area (Å²) in [6.45, 7) is 3.61. The van der Waals surface area contributed by atoms with Gasteiger partial charge in [-0.3, -0.25) is 4.79 Å². The normalized spacial score (nSPS) is 17.1. The SMILES string of the molecule is CC(NC(=O)c1ccc(Br)cc1N)C1CCOCC1.Cl. The van der Waals surface area contributed by atoms with Crippen LogP contribution in [0.15, 0.2) is 22.7 Å². The number of carbonyl (C=O) groups is 1. The molecule has 0 bridgehead atoms. The van der Waals surface area contributed by atoms with Crippen molar-refractivity contribution in [2.24, 2.45) is 5.92 Å². The number of nitrogens with one attached hydrogen (secondary N) is 1. The van der Waals surface area contributed by atoms with Crippen LogP contribution in [0.2, 0.25) is 0 Å². The number of ether oxygens (including phenoxy) is 1. The molecule has 20 heavy (non-hydrogen) atoms. The van der Waals surface area contributed by atoms with E-state index in [0.29, 0.717) is 17.2 Å². The van der Waals surface area contributed by atoms with E-state index in [1.165, 1.54) is 0 Å². The van der Waals surface area contributed by atoms with Crippen molar-refractivity contribution in [2.75, 3.05) is 18.9 Å². The molecule has 1 aliphatic heterocycles. The number of benzene rings is 1. The molecule has 0 aromatic heterocycles. The molecular weight excluding hydrogens is 344 g/mol. The molecule has 4 nitrogen and oxygen atoms in total. The Kier molecular flexibility index (Phi) is 6.79. The van der Waals surface area contributed by atoms with E-state index < -0.39 is 0 Å². The van der Waals surface area contributed by atoms with Crippen molar-refractivity contribution in [3.63, 3.8) is 0 Å². The number of hydrogen-bond donors (Lipinski definition) is 2. The summed E-state index contributed by atoms with van der Waals surface area (Å²) in [6.07, 6.45) is 1.99. The maximum absolute atomic E-state index is 12.2. The Morgan fingerprint density at radius 1 is 1.45 bits per heavy atom. The number of anilines is 1. The fourth-order valence-corrected chi connectivity index (χ4v) is 2.74. The molecule has 2 rings (SSSR count). The van der Waals surface area contributed by atoms with Crippen LogP contribution in [0.3, 0.4) is 0 Å². The van der Waals surface area contributed by atoms with Gasteiger partial charge in [0.05, 0.1) is 5.56 Å². The number of halogens is 2. The van der Waals surface area contributed by atoms with Crippen molar-refractivity contribution in [2.45, 2.75) is 25.8 Å². The molecule has 6 heteroatoms.